The van der Waals surface area contributed by atoms with E-state index in [0.29, 0.717) is 36.9 Å². The van der Waals surface area contributed by atoms with E-state index in [1.54, 1.807) is 18.2 Å². The molecule has 1 aliphatic heterocycles. The molecule has 1 heterocycles. The van der Waals surface area contributed by atoms with Crippen LogP contribution >= 0.6 is 0 Å². The van der Waals surface area contributed by atoms with Gasteiger partial charge < -0.3 is 10.4 Å². The molecule has 0 spiro atoms. The number of aliphatic hydroxyl groups is 1. The minimum absolute atomic E-state index is 0.297. The van der Waals surface area contributed by atoms with E-state index in [9.17, 15) is 13.5 Å². The highest BCUT2D eigenvalue weighted by molar-refractivity contribution is 7.89. The van der Waals surface area contributed by atoms with Gasteiger partial charge in [0, 0.05) is 24.8 Å². The van der Waals surface area contributed by atoms with Crippen LogP contribution in [-0.2, 0) is 10.0 Å². The monoisotopic (exact) mass is 352 g/mol. The van der Waals surface area contributed by atoms with E-state index in [2.05, 4.69) is 18.8 Å². The van der Waals surface area contributed by atoms with Gasteiger partial charge in [-0.25, -0.2) is 8.42 Å². The lowest BCUT2D eigenvalue weighted by Crippen LogP contribution is -2.40. The van der Waals surface area contributed by atoms with Crippen molar-refractivity contribution in [3.05, 3.63) is 36.9 Å². The number of hydrogen-bond donors (Lipinski definition) is 2. The molecule has 134 valence electrons. The first kappa shape index (κ1) is 19.0. The summed E-state index contributed by atoms with van der Waals surface area (Å²) in [6.07, 6.45) is 5.37. The molecule has 0 saturated carbocycles. The molecule has 1 atom stereocenters. The van der Waals surface area contributed by atoms with Gasteiger partial charge in [0.25, 0.3) is 0 Å². The lowest BCUT2D eigenvalue weighted by Gasteiger charge is -2.29. The molecule has 0 aliphatic carbocycles. The third-order valence-corrected chi connectivity index (χ3v) is 6.37. The zero-order valence-corrected chi connectivity index (χ0v) is 15.1. The van der Waals surface area contributed by atoms with Crippen molar-refractivity contribution in [3.63, 3.8) is 0 Å². The summed E-state index contributed by atoms with van der Waals surface area (Å²) in [6, 6.07) is 7.31. The van der Waals surface area contributed by atoms with E-state index < -0.39 is 10.0 Å². The van der Waals surface area contributed by atoms with E-state index in [0.717, 1.165) is 24.9 Å². The van der Waals surface area contributed by atoms with Gasteiger partial charge in [-0.1, -0.05) is 19.1 Å². The number of aliphatic hydroxyl groups excluding tert-OH is 1. The molecular weight excluding hydrogens is 324 g/mol. The van der Waals surface area contributed by atoms with E-state index in [1.807, 2.05) is 12.1 Å². The van der Waals surface area contributed by atoms with Crippen molar-refractivity contribution in [1.82, 2.24) is 4.31 Å². The SMILES string of the molecule is C=CCC[C@H](CC)Nc1cccc(S(=O)(=O)N2CCC(O)CC2)c1. The summed E-state index contributed by atoms with van der Waals surface area (Å²) in [7, 11) is -3.50. The van der Waals surface area contributed by atoms with Crippen LogP contribution in [0.3, 0.4) is 0 Å². The molecule has 1 aromatic carbocycles. The number of benzene rings is 1. The zero-order chi connectivity index (χ0) is 17.6. The van der Waals surface area contributed by atoms with E-state index in [4.69, 9.17) is 0 Å². The molecule has 6 heteroatoms. The Hall–Kier alpha value is -1.37. The Bertz CT molecular complexity index is 637. The topological polar surface area (TPSA) is 69.6 Å². The first-order chi connectivity index (χ1) is 11.5. The van der Waals surface area contributed by atoms with Crippen molar-refractivity contribution < 1.29 is 13.5 Å². The summed E-state index contributed by atoms with van der Waals surface area (Å²) < 4.78 is 27.0. The smallest absolute Gasteiger partial charge is 0.243 e. The molecule has 1 aromatic rings. The molecule has 24 heavy (non-hydrogen) atoms. The Labute approximate surface area is 145 Å². The maximum atomic E-state index is 12.8. The Balaban J connectivity index is 2.12. The fourth-order valence-corrected chi connectivity index (χ4v) is 4.43. The molecule has 1 saturated heterocycles. The average molecular weight is 353 g/mol. The highest BCUT2D eigenvalue weighted by Gasteiger charge is 2.28. The molecule has 0 amide bonds. The van der Waals surface area contributed by atoms with Gasteiger partial charge in [-0.05, 0) is 50.3 Å². The van der Waals surface area contributed by atoms with Crippen LogP contribution in [0.15, 0.2) is 41.8 Å². The van der Waals surface area contributed by atoms with Gasteiger partial charge in [-0.2, -0.15) is 4.31 Å². The summed E-state index contributed by atoms with van der Waals surface area (Å²) in [4.78, 5) is 0.308. The van der Waals surface area contributed by atoms with Gasteiger partial charge in [-0.3, -0.25) is 0 Å². The van der Waals surface area contributed by atoms with Crippen LogP contribution in [-0.4, -0.2) is 43.1 Å². The van der Waals surface area contributed by atoms with Crippen LogP contribution in [0, 0.1) is 0 Å². The van der Waals surface area contributed by atoms with Crippen molar-refractivity contribution in [2.24, 2.45) is 0 Å². The third-order valence-electron chi connectivity index (χ3n) is 4.48. The minimum atomic E-state index is -3.50. The Kier molecular flexibility index (Phi) is 6.83. The second kappa shape index (κ2) is 8.65. The van der Waals surface area contributed by atoms with Crippen LogP contribution in [0.25, 0.3) is 0 Å². The number of piperidine rings is 1. The second-order valence-corrected chi connectivity index (χ2v) is 8.22. The molecule has 0 unspecified atom stereocenters. The van der Waals surface area contributed by atoms with E-state index in [1.165, 1.54) is 4.31 Å². The maximum absolute atomic E-state index is 12.8. The number of nitrogens with one attached hydrogen (secondary N) is 1. The molecule has 2 N–H and O–H groups in total. The normalized spacial score (nSPS) is 18.2. The summed E-state index contributed by atoms with van der Waals surface area (Å²) in [5.41, 5.74) is 0.823. The number of nitrogens with zero attached hydrogens (tertiary/aromatic N) is 1. The molecular formula is C18H28N2O3S. The summed E-state index contributed by atoms with van der Waals surface area (Å²) >= 11 is 0. The number of allylic oxidation sites excluding steroid dienone is 1. The van der Waals surface area contributed by atoms with Crippen LogP contribution in [0.1, 0.15) is 39.0 Å². The highest BCUT2D eigenvalue weighted by atomic mass is 32.2. The number of anilines is 1. The molecule has 5 nitrogen and oxygen atoms in total. The second-order valence-electron chi connectivity index (χ2n) is 6.28. The van der Waals surface area contributed by atoms with Crippen molar-refractivity contribution in [2.75, 3.05) is 18.4 Å². The Morgan fingerprint density at radius 2 is 2.12 bits per heavy atom. The summed E-state index contributed by atoms with van der Waals surface area (Å²) in [5, 5.41) is 13.0. The van der Waals surface area contributed by atoms with Crippen molar-refractivity contribution >= 4 is 15.7 Å². The molecule has 0 radical (unpaired) electrons. The first-order valence-electron chi connectivity index (χ1n) is 8.63. The predicted molar refractivity (Wildman–Crippen MR) is 97.6 cm³/mol. The number of hydrogen-bond acceptors (Lipinski definition) is 4. The summed E-state index contributed by atoms with van der Waals surface area (Å²) in [5.74, 6) is 0. The summed E-state index contributed by atoms with van der Waals surface area (Å²) in [6.45, 7) is 6.60. The predicted octanol–water partition coefficient (Wildman–Crippen LogP) is 2.99. The fraction of sp³-hybridized carbons (Fsp3) is 0.556. The Morgan fingerprint density at radius 3 is 2.75 bits per heavy atom. The highest BCUT2D eigenvalue weighted by Crippen LogP contribution is 2.24. The minimum Gasteiger partial charge on any atom is -0.393 e. The third kappa shape index (κ3) is 4.82. The van der Waals surface area contributed by atoms with E-state index in [-0.39, 0.29) is 6.10 Å². The first-order valence-corrected chi connectivity index (χ1v) is 10.1. The van der Waals surface area contributed by atoms with Crippen molar-refractivity contribution in [3.8, 4) is 0 Å². The number of sulfonamides is 1. The van der Waals surface area contributed by atoms with Crippen LogP contribution in [0.5, 0.6) is 0 Å². The van der Waals surface area contributed by atoms with Crippen molar-refractivity contribution in [2.45, 2.75) is 56.1 Å². The van der Waals surface area contributed by atoms with Crippen LogP contribution < -0.4 is 5.32 Å². The van der Waals surface area contributed by atoms with Gasteiger partial charge in [-0.15, -0.1) is 6.58 Å². The van der Waals surface area contributed by atoms with Gasteiger partial charge >= 0.3 is 0 Å². The lowest BCUT2D eigenvalue weighted by atomic mass is 10.1. The molecule has 1 aliphatic rings. The van der Waals surface area contributed by atoms with Crippen LogP contribution in [0.4, 0.5) is 5.69 Å². The average Bonchev–Trinajstić information content (AvgIpc) is 2.59. The molecule has 0 bridgehead atoms. The molecule has 0 aromatic heterocycles. The maximum Gasteiger partial charge on any atom is 0.243 e. The number of rotatable bonds is 8. The van der Waals surface area contributed by atoms with Crippen molar-refractivity contribution in [1.29, 1.82) is 0 Å². The molecule has 2 rings (SSSR count). The van der Waals surface area contributed by atoms with Gasteiger partial charge in [0.05, 0.1) is 11.0 Å². The van der Waals surface area contributed by atoms with E-state index >= 15 is 0 Å². The van der Waals surface area contributed by atoms with Gasteiger partial charge in [0.15, 0.2) is 0 Å². The molecule has 1 fully saturated rings. The van der Waals surface area contributed by atoms with Crippen LogP contribution in [0.2, 0.25) is 0 Å². The zero-order valence-electron chi connectivity index (χ0n) is 14.3. The quantitative estimate of drug-likeness (QED) is 0.706. The lowest BCUT2D eigenvalue weighted by molar-refractivity contribution is 0.113. The Morgan fingerprint density at radius 1 is 1.42 bits per heavy atom. The fourth-order valence-electron chi connectivity index (χ4n) is 2.91. The largest absolute Gasteiger partial charge is 0.393 e. The van der Waals surface area contributed by atoms with Gasteiger partial charge in [0.2, 0.25) is 10.0 Å². The standard InChI is InChI=1S/C18H28N2O3S/c1-3-5-7-15(4-2)19-16-8-6-9-18(14-16)24(22,23)20-12-10-17(21)11-13-20/h3,6,8-9,14-15,17,19,21H,1,4-5,7,10-13H2,2H3/t15-/m0/s1. The van der Waals surface area contributed by atoms with Gasteiger partial charge in [0.1, 0.15) is 0 Å².